The predicted molar refractivity (Wildman–Crippen MR) is 80.0 cm³/mol. The van der Waals surface area contributed by atoms with Gasteiger partial charge in [-0.05, 0) is 31.4 Å². The number of fused-ring (bicyclic) bond motifs is 5. The van der Waals surface area contributed by atoms with Crippen molar-refractivity contribution in [3.05, 3.63) is 29.8 Å². The van der Waals surface area contributed by atoms with Gasteiger partial charge in [0.05, 0.1) is 17.5 Å². The number of imide groups is 2. The maximum atomic E-state index is 12.9. The maximum Gasteiger partial charge on any atom is 0.237 e. The summed E-state index contributed by atoms with van der Waals surface area (Å²) in [5.41, 5.74) is 1.56. The molecule has 0 aromatic heterocycles. The normalized spacial score (nSPS) is 32.8. The fraction of sp³-hybridized carbons (Fsp3) is 0.412. The number of piperidine rings is 2. The van der Waals surface area contributed by atoms with Crippen molar-refractivity contribution in [2.45, 2.75) is 19.8 Å². The molecule has 23 heavy (non-hydrogen) atoms. The van der Waals surface area contributed by atoms with Crippen LogP contribution in [0.25, 0.3) is 0 Å². The Kier molecular flexibility index (Phi) is 2.91. The molecule has 0 radical (unpaired) electrons. The molecule has 1 N–H and O–H groups in total. The minimum atomic E-state index is -0.578. The standard InChI is InChI=1S/C17H16N2O4/c1-8-2-4-9(5-3-8)19-13(20)7-10-11-6-12(14(10)17(19)23)16(22)18-15(11)21/h2-5,10-12,14H,6-7H2,1H3,(H,18,21,22). The highest BCUT2D eigenvalue weighted by atomic mass is 16.2. The summed E-state index contributed by atoms with van der Waals surface area (Å²) < 4.78 is 0. The Hall–Kier alpha value is -2.50. The smallest absolute Gasteiger partial charge is 0.237 e. The molecule has 1 aromatic carbocycles. The van der Waals surface area contributed by atoms with Gasteiger partial charge in [-0.15, -0.1) is 0 Å². The topological polar surface area (TPSA) is 83.6 Å². The first-order valence-electron chi connectivity index (χ1n) is 7.75. The number of nitrogens with zero attached hydrogens (tertiary/aromatic N) is 1. The molecule has 2 heterocycles. The van der Waals surface area contributed by atoms with E-state index in [0.717, 1.165) is 5.56 Å². The van der Waals surface area contributed by atoms with Crippen LogP contribution in [-0.2, 0) is 19.2 Å². The lowest BCUT2D eigenvalue weighted by atomic mass is 9.80. The fourth-order valence-electron chi connectivity index (χ4n) is 4.18. The zero-order valence-corrected chi connectivity index (χ0v) is 12.6. The first-order valence-corrected chi connectivity index (χ1v) is 7.75. The number of carbonyl (C=O) groups excluding carboxylic acids is 4. The van der Waals surface area contributed by atoms with Crippen LogP contribution in [0.4, 0.5) is 5.69 Å². The molecule has 118 valence electrons. The van der Waals surface area contributed by atoms with Crippen molar-refractivity contribution < 1.29 is 19.2 Å². The summed E-state index contributed by atoms with van der Waals surface area (Å²) in [4.78, 5) is 50.6. The minimum absolute atomic E-state index is 0.131. The zero-order valence-electron chi connectivity index (χ0n) is 12.6. The number of hydrogen-bond acceptors (Lipinski definition) is 4. The van der Waals surface area contributed by atoms with Crippen molar-refractivity contribution in [2.24, 2.45) is 23.7 Å². The van der Waals surface area contributed by atoms with Gasteiger partial charge in [-0.2, -0.15) is 0 Å². The van der Waals surface area contributed by atoms with Gasteiger partial charge in [0.25, 0.3) is 0 Å². The van der Waals surface area contributed by atoms with E-state index >= 15 is 0 Å². The van der Waals surface area contributed by atoms with Gasteiger partial charge >= 0.3 is 0 Å². The van der Waals surface area contributed by atoms with Crippen molar-refractivity contribution >= 4 is 29.3 Å². The van der Waals surface area contributed by atoms with Gasteiger partial charge in [0.1, 0.15) is 0 Å². The van der Waals surface area contributed by atoms with Gasteiger partial charge < -0.3 is 0 Å². The van der Waals surface area contributed by atoms with Gasteiger partial charge in [0, 0.05) is 12.3 Å². The van der Waals surface area contributed by atoms with Crippen LogP contribution < -0.4 is 10.2 Å². The average molecular weight is 312 g/mol. The molecular weight excluding hydrogens is 296 g/mol. The lowest BCUT2D eigenvalue weighted by Crippen LogP contribution is -2.50. The first-order chi connectivity index (χ1) is 11.0. The van der Waals surface area contributed by atoms with Gasteiger partial charge in [-0.1, -0.05) is 17.7 Å². The van der Waals surface area contributed by atoms with Crippen LogP contribution in [0.1, 0.15) is 18.4 Å². The first kappa shape index (κ1) is 14.1. The second kappa shape index (κ2) is 4.75. The van der Waals surface area contributed by atoms with Crippen LogP contribution in [0, 0.1) is 30.6 Å². The molecule has 3 fully saturated rings. The van der Waals surface area contributed by atoms with Gasteiger partial charge in [-0.25, -0.2) is 0 Å². The molecule has 4 unspecified atom stereocenters. The van der Waals surface area contributed by atoms with Crippen LogP contribution in [0.5, 0.6) is 0 Å². The molecular formula is C17H16N2O4. The van der Waals surface area contributed by atoms with Gasteiger partial charge in [0.15, 0.2) is 0 Å². The average Bonchev–Trinajstić information content (AvgIpc) is 2.84. The number of amides is 4. The number of aryl methyl sites for hydroxylation is 1. The zero-order chi connectivity index (χ0) is 16.3. The fourth-order valence-corrected chi connectivity index (χ4v) is 4.18. The maximum absolute atomic E-state index is 12.9. The van der Waals surface area contributed by atoms with Gasteiger partial charge in [0.2, 0.25) is 23.6 Å². The SMILES string of the molecule is Cc1ccc(N2C(=O)CC3C4CC(C(=O)NC4=O)C3C2=O)cc1. The Bertz CT molecular complexity index is 739. The summed E-state index contributed by atoms with van der Waals surface area (Å²) in [5.74, 6) is -3.22. The molecule has 4 rings (SSSR count). The molecule has 2 saturated heterocycles. The van der Waals surface area contributed by atoms with Crippen LogP contribution in [0.2, 0.25) is 0 Å². The van der Waals surface area contributed by atoms with Crippen molar-refractivity contribution in [3.63, 3.8) is 0 Å². The van der Waals surface area contributed by atoms with Gasteiger partial charge in [-0.3, -0.25) is 29.4 Å². The highest BCUT2D eigenvalue weighted by Crippen LogP contribution is 2.49. The van der Waals surface area contributed by atoms with E-state index < -0.39 is 17.8 Å². The Balaban J connectivity index is 1.73. The van der Waals surface area contributed by atoms with E-state index in [1.54, 1.807) is 12.1 Å². The van der Waals surface area contributed by atoms with E-state index in [9.17, 15) is 19.2 Å². The van der Waals surface area contributed by atoms with E-state index in [1.807, 2.05) is 19.1 Å². The highest BCUT2D eigenvalue weighted by molar-refractivity contribution is 6.19. The molecule has 6 heteroatoms. The summed E-state index contributed by atoms with van der Waals surface area (Å²) >= 11 is 0. The van der Waals surface area contributed by atoms with E-state index in [0.29, 0.717) is 12.1 Å². The molecule has 4 atom stereocenters. The Morgan fingerprint density at radius 3 is 2.35 bits per heavy atom. The number of anilines is 1. The molecule has 1 aromatic rings. The number of benzene rings is 1. The largest absolute Gasteiger partial charge is 0.296 e. The van der Waals surface area contributed by atoms with Crippen molar-refractivity contribution in [1.29, 1.82) is 0 Å². The van der Waals surface area contributed by atoms with Crippen LogP contribution in [-0.4, -0.2) is 23.6 Å². The Labute approximate surface area is 132 Å². The molecule has 3 aliphatic rings. The predicted octanol–water partition coefficient (Wildman–Crippen LogP) is 0.783. The Morgan fingerprint density at radius 1 is 1.00 bits per heavy atom. The third kappa shape index (κ3) is 1.94. The minimum Gasteiger partial charge on any atom is -0.296 e. The molecule has 4 amide bonds. The number of rotatable bonds is 1. The number of nitrogens with one attached hydrogen (secondary N) is 1. The second-order valence-electron chi connectivity index (χ2n) is 6.60. The molecule has 1 saturated carbocycles. The van der Waals surface area contributed by atoms with Crippen molar-refractivity contribution in [2.75, 3.05) is 4.90 Å². The van der Waals surface area contributed by atoms with E-state index in [2.05, 4.69) is 5.32 Å². The lowest BCUT2D eigenvalue weighted by molar-refractivity contribution is -0.140. The molecule has 2 bridgehead atoms. The molecule has 0 spiro atoms. The quantitative estimate of drug-likeness (QED) is 0.777. The molecule has 2 aliphatic heterocycles. The second-order valence-corrected chi connectivity index (χ2v) is 6.60. The van der Waals surface area contributed by atoms with Crippen LogP contribution in [0.15, 0.2) is 24.3 Å². The summed E-state index contributed by atoms with van der Waals surface area (Å²) in [6.07, 6.45) is 0.507. The number of hydrogen-bond donors (Lipinski definition) is 1. The van der Waals surface area contributed by atoms with E-state index in [1.165, 1.54) is 4.90 Å². The summed E-state index contributed by atoms with van der Waals surface area (Å²) in [7, 11) is 0. The summed E-state index contributed by atoms with van der Waals surface area (Å²) in [5, 5.41) is 2.34. The molecule has 6 nitrogen and oxygen atoms in total. The monoisotopic (exact) mass is 312 g/mol. The highest BCUT2D eigenvalue weighted by Gasteiger charge is 2.59. The third-order valence-electron chi connectivity index (χ3n) is 5.30. The third-order valence-corrected chi connectivity index (χ3v) is 5.30. The summed E-state index contributed by atoms with van der Waals surface area (Å²) in [6, 6.07) is 7.14. The lowest BCUT2D eigenvalue weighted by Gasteiger charge is -2.34. The Morgan fingerprint density at radius 2 is 1.65 bits per heavy atom. The molecule has 1 aliphatic carbocycles. The van der Waals surface area contributed by atoms with E-state index in [-0.39, 0.29) is 36.0 Å². The van der Waals surface area contributed by atoms with E-state index in [4.69, 9.17) is 0 Å². The summed E-state index contributed by atoms with van der Waals surface area (Å²) in [6.45, 7) is 1.93. The van der Waals surface area contributed by atoms with Crippen LogP contribution >= 0.6 is 0 Å². The van der Waals surface area contributed by atoms with Crippen molar-refractivity contribution in [3.8, 4) is 0 Å². The number of carbonyl (C=O) groups is 4. The van der Waals surface area contributed by atoms with Crippen molar-refractivity contribution in [1.82, 2.24) is 5.32 Å². The van der Waals surface area contributed by atoms with Crippen LogP contribution in [0.3, 0.4) is 0 Å².